The minimum Gasteiger partial charge on any atom is -0.467 e. The van der Waals surface area contributed by atoms with Crippen LogP contribution < -0.4 is 9.47 Å². The summed E-state index contributed by atoms with van der Waals surface area (Å²) in [6, 6.07) is 12.9. The van der Waals surface area contributed by atoms with Crippen molar-refractivity contribution >= 4 is 6.09 Å². The van der Waals surface area contributed by atoms with Crippen molar-refractivity contribution in [1.82, 2.24) is 4.90 Å². The molecule has 1 atom stereocenters. The summed E-state index contributed by atoms with van der Waals surface area (Å²) in [5, 5.41) is 0. The Morgan fingerprint density at radius 2 is 1.61 bits per heavy atom. The van der Waals surface area contributed by atoms with Gasteiger partial charge in [-0.25, -0.2) is 4.79 Å². The van der Waals surface area contributed by atoms with E-state index in [9.17, 15) is 4.79 Å². The maximum atomic E-state index is 12.3. The Kier molecular flexibility index (Phi) is 6.69. The van der Waals surface area contributed by atoms with Gasteiger partial charge in [0.25, 0.3) is 0 Å². The van der Waals surface area contributed by atoms with Gasteiger partial charge in [0.1, 0.15) is 11.5 Å². The van der Waals surface area contributed by atoms with Crippen LogP contribution in [0, 0.1) is 5.92 Å². The van der Waals surface area contributed by atoms with Crippen molar-refractivity contribution in [3.8, 4) is 11.5 Å². The highest BCUT2D eigenvalue weighted by atomic mass is 16.7. The van der Waals surface area contributed by atoms with Crippen LogP contribution in [0.25, 0.3) is 0 Å². The van der Waals surface area contributed by atoms with Crippen LogP contribution in [0.1, 0.15) is 54.4 Å². The van der Waals surface area contributed by atoms with Gasteiger partial charge in [-0.05, 0) is 67.5 Å². The second kappa shape index (κ2) is 10.0. The number of hydrogen-bond acceptors (Lipinski definition) is 6. The Labute approximate surface area is 194 Å². The van der Waals surface area contributed by atoms with Gasteiger partial charge in [-0.2, -0.15) is 0 Å². The van der Waals surface area contributed by atoms with Crippen LogP contribution in [0.4, 0.5) is 4.79 Å². The van der Waals surface area contributed by atoms with Crippen LogP contribution in [0.5, 0.6) is 11.5 Å². The molecule has 7 heteroatoms. The minimum absolute atomic E-state index is 0.187. The zero-order chi connectivity index (χ0) is 22.6. The number of fused-ring (bicyclic) bond motifs is 2. The standard InChI is InChI=1S/C26H31NO6/c1-2-31-26(28)27-10-3-4-18(9-11-27)25(19-5-7-23-21(12-19)14-29-16-32-23)20-6-8-24-22(13-20)15-30-17-33-24/h5-8,12-13,18,25H,2-4,9-11,14-17H2,1H3. The fourth-order valence-corrected chi connectivity index (χ4v) is 5.20. The van der Waals surface area contributed by atoms with Crippen molar-refractivity contribution < 1.29 is 28.5 Å². The third kappa shape index (κ3) is 4.80. The maximum Gasteiger partial charge on any atom is 0.409 e. The molecule has 176 valence electrons. The van der Waals surface area contributed by atoms with Crippen LogP contribution in [-0.2, 0) is 27.4 Å². The van der Waals surface area contributed by atoms with E-state index in [0.29, 0.717) is 45.9 Å². The van der Waals surface area contributed by atoms with E-state index in [1.807, 2.05) is 11.8 Å². The van der Waals surface area contributed by atoms with Gasteiger partial charge in [-0.1, -0.05) is 12.1 Å². The molecule has 2 aromatic rings. The highest BCUT2D eigenvalue weighted by molar-refractivity contribution is 5.67. The number of carbonyl (C=O) groups is 1. The molecular weight excluding hydrogens is 422 g/mol. The molecule has 3 heterocycles. The molecule has 0 saturated carbocycles. The van der Waals surface area contributed by atoms with Crippen molar-refractivity contribution in [1.29, 1.82) is 0 Å². The number of rotatable bonds is 4. The predicted octanol–water partition coefficient (Wildman–Crippen LogP) is 4.81. The van der Waals surface area contributed by atoms with Gasteiger partial charge in [-0.3, -0.25) is 0 Å². The zero-order valence-corrected chi connectivity index (χ0v) is 19.1. The molecule has 0 bridgehead atoms. The van der Waals surface area contributed by atoms with Gasteiger partial charge in [-0.15, -0.1) is 0 Å². The van der Waals surface area contributed by atoms with Crippen molar-refractivity contribution in [2.24, 2.45) is 5.92 Å². The summed E-state index contributed by atoms with van der Waals surface area (Å²) in [4.78, 5) is 14.2. The summed E-state index contributed by atoms with van der Waals surface area (Å²) in [6.07, 6.45) is 2.70. The molecule has 0 aliphatic carbocycles. The summed E-state index contributed by atoms with van der Waals surface area (Å²) in [6.45, 7) is 5.40. The van der Waals surface area contributed by atoms with E-state index in [-0.39, 0.29) is 12.0 Å². The van der Waals surface area contributed by atoms with Gasteiger partial charge in [0.05, 0.1) is 19.8 Å². The van der Waals surface area contributed by atoms with E-state index in [0.717, 1.165) is 48.4 Å². The molecule has 1 unspecified atom stereocenters. The first kappa shape index (κ1) is 22.0. The van der Waals surface area contributed by atoms with E-state index in [1.165, 1.54) is 11.1 Å². The van der Waals surface area contributed by atoms with E-state index >= 15 is 0 Å². The third-order valence-electron chi connectivity index (χ3n) is 6.77. The Morgan fingerprint density at radius 3 is 2.21 bits per heavy atom. The quantitative estimate of drug-likeness (QED) is 0.662. The fourth-order valence-electron chi connectivity index (χ4n) is 5.20. The molecule has 2 aromatic carbocycles. The van der Waals surface area contributed by atoms with Crippen LogP contribution >= 0.6 is 0 Å². The summed E-state index contributed by atoms with van der Waals surface area (Å²) in [5.41, 5.74) is 4.65. The summed E-state index contributed by atoms with van der Waals surface area (Å²) >= 11 is 0. The SMILES string of the molecule is CCOC(=O)N1CCCC(C(c2ccc3c(c2)COCO3)c2ccc3c(c2)COCO3)CC1. The predicted molar refractivity (Wildman–Crippen MR) is 121 cm³/mol. The lowest BCUT2D eigenvalue weighted by Crippen LogP contribution is -2.32. The molecule has 0 aromatic heterocycles. The Balaban J connectivity index is 1.47. The molecule has 3 aliphatic heterocycles. The molecule has 0 N–H and O–H groups in total. The van der Waals surface area contributed by atoms with E-state index < -0.39 is 0 Å². The number of likely N-dealkylation sites (tertiary alicyclic amines) is 1. The largest absolute Gasteiger partial charge is 0.467 e. The molecule has 1 saturated heterocycles. The van der Waals surface area contributed by atoms with Crippen LogP contribution in [0.15, 0.2) is 36.4 Å². The number of ether oxygens (including phenoxy) is 5. The number of hydrogen-bond donors (Lipinski definition) is 0. The molecule has 7 nitrogen and oxygen atoms in total. The maximum absolute atomic E-state index is 12.3. The number of carbonyl (C=O) groups excluding carboxylic acids is 1. The van der Waals surface area contributed by atoms with Crippen molar-refractivity contribution in [2.45, 2.75) is 45.3 Å². The summed E-state index contributed by atoms with van der Waals surface area (Å²) in [5.74, 6) is 2.36. The smallest absolute Gasteiger partial charge is 0.409 e. The number of amides is 1. The van der Waals surface area contributed by atoms with Crippen molar-refractivity contribution in [2.75, 3.05) is 33.3 Å². The van der Waals surface area contributed by atoms with Crippen LogP contribution in [-0.4, -0.2) is 44.3 Å². The topological polar surface area (TPSA) is 66.5 Å². The summed E-state index contributed by atoms with van der Waals surface area (Å²) in [7, 11) is 0. The lowest BCUT2D eigenvalue weighted by atomic mass is 9.76. The molecule has 0 spiro atoms. The van der Waals surface area contributed by atoms with Gasteiger partial charge in [0.2, 0.25) is 0 Å². The third-order valence-corrected chi connectivity index (χ3v) is 6.77. The molecule has 33 heavy (non-hydrogen) atoms. The molecule has 1 amide bonds. The molecular formula is C26H31NO6. The van der Waals surface area contributed by atoms with Gasteiger partial charge < -0.3 is 28.6 Å². The fraction of sp³-hybridized carbons (Fsp3) is 0.500. The van der Waals surface area contributed by atoms with Gasteiger partial charge >= 0.3 is 6.09 Å². The minimum atomic E-state index is -0.208. The van der Waals surface area contributed by atoms with E-state index in [1.54, 1.807) is 0 Å². The number of benzene rings is 2. The monoisotopic (exact) mass is 453 g/mol. The van der Waals surface area contributed by atoms with E-state index in [2.05, 4.69) is 36.4 Å². The first-order valence-electron chi connectivity index (χ1n) is 11.8. The van der Waals surface area contributed by atoms with Gasteiger partial charge in [0.15, 0.2) is 13.6 Å². The van der Waals surface area contributed by atoms with Crippen LogP contribution in [0.3, 0.4) is 0 Å². The molecule has 3 aliphatic rings. The Hall–Kier alpha value is -2.77. The zero-order valence-electron chi connectivity index (χ0n) is 19.1. The van der Waals surface area contributed by atoms with Gasteiger partial charge in [0, 0.05) is 30.1 Å². The number of nitrogens with zero attached hydrogens (tertiary/aromatic N) is 1. The molecule has 5 rings (SSSR count). The van der Waals surface area contributed by atoms with Crippen molar-refractivity contribution in [3.63, 3.8) is 0 Å². The lowest BCUT2D eigenvalue weighted by Gasteiger charge is -2.30. The highest BCUT2D eigenvalue weighted by Gasteiger charge is 2.30. The van der Waals surface area contributed by atoms with Crippen molar-refractivity contribution in [3.05, 3.63) is 58.7 Å². The first-order valence-corrected chi connectivity index (χ1v) is 11.8. The van der Waals surface area contributed by atoms with E-state index in [4.69, 9.17) is 23.7 Å². The Bertz CT molecular complexity index is 933. The molecule has 1 fully saturated rings. The summed E-state index contributed by atoms with van der Waals surface area (Å²) < 4.78 is 27.6. The average Bonchev–Trinajstić information content (AvgIpc) is 3.10. The second-order valence-electron chi connectivity index (χ2n) is 8.81. The lowest BCUT2D eigenvalue weighted by molar-refractivity contribution is -0.0164. The molecule has 0 radical (unpaired) electrons. The first-order chi connectivity index (χ1) is 16.2. The average molecular weight is 454 g/mol. The normalized spacial score (nSPS) is 20.2. The second-order valence-corrected chi connectivity index (χ2v) is 8.81. The van der Waals surface area contributed by atoms with Crippen LogP contribution in [0.2, 0.25) is 0 Å². The highest BCUT2D eigenvalue weighted by Crippen LogP contribution is 2.41. The Morgan fingerprint density at radius 1 is 0.970 bits per heavy atom.